The maximum absolute atomic E-state index is 14.0. The monoisotopic (exact) mass is 786 g/mol. The Bertz CT molecular complexity index is 2210. The van der Waals surface area contributed by atoms with E-state index in [1.807, 2.05) is 33.8 Å². The van der Waals surface area contributed by atoms with Crippen LogP contribution in [0, 0.1) is 64.8 Å². The highest BCUT2D eigenvalue weighted by molar-refractivity contribution is 9.10. The first-order valence-corrected chi connectivity index (χ1v) is 16.3. The number of hydrogen-bond acceptors (Lipinski definition) is 8. The van der Waals surface area contributed by atoms with Gasteiger partial charge in [-0.2, -0.15) is 4.98 Å². The predicted octanol–water partition coefficient (Wildman–Crippen LogP) is 10.1. The van der Waals surface area contributed by atoms with Crippen LogP contribution < -0.4 is 17.2 Å². The van der Waals surface area contributed by atoms with Crippen molar-refractivity contribution in [1.82, 2.24) is 15.1 Å². The summed E-state index contributed by atoms with van der Waals surface area (Å²) >= 11 is 9.29. The molecule has 0 aliphatic heterocycles. The number of nitrogens with zero attached hydrogens (tertiary/aromatic N) is 3. The number of aromatic nitrogens is 3. The molecule has 0 aliphatic rings. The molecule has 14 heteroatoms. The molecule has 0 atom stereocenters. The van der Waals surface area contributed by atoms with E-state index in [0.717, 1.165) is 22.3 Å². The Morgan fingerprint density at radius 2 is 1.27 bits per heavy atom. The number of nitrogens with two attached hydrogens (primary N) is 3. The molecule has 2 aromatic heterocycles. The number of halogens is 6. The van der Waals surface area contributed by atoms with Gasteiger partial charge in [0.25, 0.3) is 5.89 Å². The van der Waals surface area contributed by atoms with Crippen LogP contribution in [0.15, 0.2) is 63.6 Å². The van der Waals surface area contributed by atoms with E-state index >= 15 is 0 Å². The number of benzene rings is 4. The van der Waals surface area contributed by atoms with Crippen molar-refractivity contribution in [3.63, 3.8) is 0 Å². The predicted molar refractivity (Wildman–Crippen MR) is 199 cm³/mol. The van der Waals surface area contributed by atoms with E-state index in [2.05, 4.69) is 31.1 Å². The minimum absolute atomic E-state index is 0.0619. The first kappa shape index (κ1) is 40.4. The summed E-state index contributed by atoms with van der Waals surface area (Å²) in [5.74, 6) is -1.04. The molecule has 51 heavy (non-hydrogen) atoms. The number of ketones is 1. The molecule has 0 unspecified atom stereocenters. The lowest BCUT2D eigenvalue weighted by Crippen LogP contribution is -2.02. The lowest BCUT2D eigenvalue weighted by atomic mass is 10.0. The molecule has 6 aromatic rings. The normalized spacial score (nSPS) is 10.4. The van der Waals surface area contributed by atoms with Gasteiger partial charge in [-0.3, -0.25) is 4.79 Å². The average molecular weight is 788 g/mol. The van der Waals surface area contributed by atoms with Gasteiger partial charge in [-0.1, -0.05) is 22.8 Å². The highest BCUT2D eigenvalue weighted by atomic mass is 79.9. The number of pyridine rings is 1. The lowest BCUT2D eigenvalue weighted by Gasteiger charge is -2.09. The van der Waals surface area contributed by atoms with Gasteiger partial charge < -0.3 is 21.7 Å². The van der Waals surface area contributed by atoms with E-state index in [1.165, 1.54) is 31.2 Å². The second-order valence-electron chi connectivity index (χ2n) is 11.6. The summed E-state index contributed by atoms with van der Waals surface area (Å²) in [6.45, 7) is 12.1. The Hall–Kier alpha value is -5.01. The molecule has 0 aliphatic carbocycles. The molecular formula is C37H36BrClF4N6O2. The zero-order chi connectivity index (χ0) is 38.3. The molecule has 0 saturated heterocycles. The first-order chi connectivity index (χ1) is 23.8. The van der Waals surface area contributed by atoms with E-state index in [4.69, 9.17) is 33.3 Å². The van der Waals surface area contributed by atoms with Gasteiger partial charge in [-0.25, -0.2) is 22.5 Å². The maximum atomic E-state index is 14.0. The van der Waals surface area contributed by atoms with E-state index in [0.29, 0.717) is 32.7 Å². The Morgan fingerprint density at radius 1 is 0.725 bits per heavy atom. The highest BCUT2D eigenvalue weighted by Crippen LogP contribution is 2.34. The third kappa shape index (κ3) is 10.5. The molecule has 0 amide bonds. The standard InChI is InChI=1S/C14H11ClFN3O.C9H10FNO.C7H7BrFN.C7H8FN/c1-6-4-9-7(2)11(14-17-8(3)19-20-14)13(15)18-12(9)10(16)5-6;1-5-3-7(6(2)12)9(11)8(10)4-5;1-4-2-5(8)7(10)6(9)3-4;1-5-2-3-7(9)6(8)4-5/h4-5H,1-3H3;3-4H,11H2,1-2H3;2-3H,10H2,1H3;2-4H,9H2,1H3. The molecule has 268 valence electrons. The fraction of sp³-hybridized carbons (Fsp3) is 0.189. The molecule has 0 radical (unpaired) electrons. The molecule has 0 bridgehead atoms. The topological polar surface area (TPSA) is 147 Å². The summed E-state index contributed by atoms with van der Waals surface area (Å²) in [5, 5.41) is 4.59. The molecule has 0 spiro atoms. The largest absolute Gasteiger partial charge is 0.396 e. The van der Waals surface area contributed by atoms with E-state index < -0.39 is 11.6 Å². The van der Waals surface area contributed by atoms with Crippen LogP contribution in [0.1, 0.15) is 50.9 Å². The maximum Gasteiger partial charge on any atom is 0.261 e. The Kier molecular flexibility index (Phi) is 13.7. The van der Waals surface area contributed by atoms with Crippen LogP contribution in [0.5, 0.6) is 0 Å². The van der Waals surface area contributed by atoms with Crippen molar-refractivity contribution in [2.75, 3.05) is 17.2 Å². The van der Waals surface area contributed by atoms with Crippen LogP contribution in [-0.4, -0.2) is 20.9 Å². The Morgan fingerprint density at radius 3 is 1.80 bits per heavy atom. The molecule has 6 N–H and O–H groups in total. The molecular weight excluding hydrogens is 752 g/mol. The zero-order valence-electron chi connectivity index (χ0n) is 28.9. The molecule has 0 fully saturated rings. The van der Waals surface area contributed by atoms with Gasteiger partial charge in [-0.15, -0.1) is 0 Å². The van der Waals surface area contributed by atoms with Crippen LogP contribution in [-0.2, 0) is 0 Å². The smallest absolute Gasteiger partial charge is 0.261 e. The molecule has 6 rings (SSSR count). The molecule has 0 saturated carbocycles. The first-order valence-electron chi connectivity index (χ1n) is 15.2. The number of fused-ring (bicyclic) bond motifs is 1. The summed E-state index contributed by atoms with van der Waals surface area (Å²) in [5.41, 5.74) is 21.3. The molecule has 8 nitrogen and oxygen atoms in total. The van der Waals surface area contributed by atoms with Crippen LogP contribution in [0.2, 0.25) is 5.15 Å². The fourth-order valence-corrected chi connectivity index (χ4v) is 5.47. The van der Waals surface area contributed by atoms with Crippen LogP contribution >= 0.6 is 27.5 Å². The van der Waals surface area contributed by atoms with E-state index in [1.54, 1.807) is 38.1 Å². The van der Waals surface area contributed by atoms with Crippen LogP contribution in [0.25, 0.3) is 22.4 Å². The number of anilines is 3. The summed E-state index contributed by atoms with van der Waals surface area (Å²) in [7, 11) is 0. The van der Waals surface area contributed by atoms with Crippen molar-refractivity contribution in [3.05, 3.63) is 127 Å². The second-order valence-corrected chi connectivity index (χ2v) is 12.8. The average Bonchev–Trinajstić information content (AvgIpc) is 3.46. The summed E-state index contributed by atoms with van der Waals surface area (Å²) < 4.78 is 57.8. The van der Waals surface area contributed by atoms with Crippen LogP contribution in [0.4, 0.5) is 34.6 Å². The second kappa shape index (κ2) is 17.3. The van der Waals surface area contributed by atoms with Gasteiger partial charge in [0, 0.05) is 15.4 Å². The third-order valence-corrected chi connectivity index (χ3v) is 8.11. The summed E-state index contributed by atoms with van der Waals surface area (Å²) in [4.78, 5) is 19.2. The van der Waals surface area contributed by atoms with Gasteiger partial charge in [0.05, 0.1) is 22.6 Å². The van der Waals surface area contributed by atoms with Crippen molar-refractivity contribution in [2.45, 2.75) is 48.5 Å². The summed E-state index contributed by atoms with van der Waals surface area (Å²) in [6.07, 6.45) is 0. The third-order valence-electron chi connectivity index (χ3n) is 7.18. The summed E-state index contributed by atoms with van der Waals surface area (Å²) in [6, 6.07) is 14.1. The van der Waals surface area contributed by atoms with Crippen molar-refractivity contribution in [2.24, 2.45) is 0 Å². The van der Waals surface area contributed by atoms with Crippen molar-refractivity contribution in [1.29, 1.82) is 0 Å². The van der Waals surface area contributed by atoms with E-state index in [9.17, 15) is 22.4 Å². The number of carbonyl (C=O) groups is 1. The van der Waals surface area contributed by atoms with Crippen molar-refractivity contribution < 1.29 is 26.9 Å². The Balaban J connectivity index is 0.000000196. The van der Waals surface area contributed by atoms with Gasteiger partial charge >= 0.3 is 0 Å². The number of aryl methyl sites for hydroxylation is 6. The fourth-order valence-electron chi connectivity index (χ4n) is 4.61. The number of carbonyl (C=O) groups excluding carboxylic acids is 1. The van der Waals surface area contributed by atoms with Gasteiger partial charge in [0.15, 0.2) is 11.6 Å². The van der Waals surface area contributed by atoms with Crippen molar-refractivity contribution >= 4 is 61.3 Å². The minimum atomic E-state index is -0.528. The number of nitrogen functional groups attached to an aromatic ring is 3. The Labute approximate surface area is 306 Å². The number of hydrogen-bond donors (Lipinski definition) is 3. The number of rotatable bonds is 2. The minimum Gasteiger partial charge on any atom is -0.396 e. The van der Waals surface area contributed by atoms with Crippen LogP contribution in [0.3, 0.4) is 0 Å². The van der Waals surface area contributed by atoms with Gasteiger partial charge in [0.2, 0.25) is 0 Å². The zero-order valence-corrected chi connectivity index (χ0v) is 31.2. The van der Waals surface area contributed by atoms with Crippen molar-refractivity contribution in [3.8, 4) is 11.5 Å². The van der Waals surface area contributed by atoms with E-state index in [-0.39, 0.29) is 50.7 Å². The van der Waals surface area contributed by atoms with Gasteiger partial charge in [0.1, 0.15) is 33.9 Å². The highest BCUT2D eigenvalue weighted by Gasteiger charge is 2.19. The quantitative estimate of drug-likeness (QED) is 0.0680. The lowest BCUT2D eigenvalue weighted by molar-refractivity contribution is 0.101. The molecule has 4 aromatic carbocycles. The molecule has 2 heterocycles. The number of Topliss-reactive ketones (excluding diaryl/α,β-unsaturated/α-hetero) is 1. The van der Waals surface area contributed by atoms with Gasteiger partial charge in [-0.05, 0) is 141 Å². The SMILES string of the molecule is CC(=O)c1cc(C)cc(F)c1N.Cc1cc(F)c(N)c(Br)c1.Cc1cc(F)c2nc(Cl)c(-c3nc(C)no3)c(C)c2c1.Cc1ccc(N)c(F)c1.